The third-order valence-corrected chi connectivity index (χ3v) is 3.43. The lowest BCUT2D eigenvalue weighted by atomic mass is 10.1. The summed E-state index contributed by atoms with van der Waals surface area (Å²) in [4.78, 5) is 11.4. The monoisotopic (exact) mass is 273 g/mol. The van der Waals surface area contributed by atoms with Gasteiger partial charge in [-0.15, -0.1) is 0 Å². The fraction of sp³-hybridized carbons (Fsp3) is 0.438. The molecule has 1 aliphatic heterocycles. The van der Waals surface area contributed by atoms with Crippen molar-refractivity contribution in [1.29, 1.82) is 0 Å². The number of nitrogens with one attached hydrogen (secondary N) is 1. The Kier molecular flexibility index (Phi) is 3.90. The molecular weight excluding hydrogens is 254 g/mol. The second-order valence-corrected chi connectivity index (χ2v) is 5.16. The fourth-order valence-electron chi connectivity index (χ4n) is 2.15. The van der Waals surface area contributed by atoms with Crippen molar-refractivity contribution in [1.82, 2.24) is 5.32 Å². The van der Waals surface area contributed by atoms with Crippen LogP contribution in [0, 0.1) is 5.92 Å². The van der Waals surface area contributed by atoms with Crippen LogP contribution in [0.25, 0.3) is 6.08 Å². The standard InChI is InChI=1S/C16H19NO3/c18-16(13-5-6-13)17-8-2-1-3-12-4-7-14-15(11-12)20-10-9-19-14/h1,3-4,7,11,13H,2,5-6,8-10H2,(H,17,18)/b3-1+. The SMILES string of the molecule is O=C(NCC/C=C/c1ccc2c(c1)OCCO2)C1CC1. The summed E-state index contributed by atoms with van der Waals surface area (Å²) in [5.74, 6) is 2.11. The molecule has 0 atom stereocenters. The van der Waals surface area contributed by atoms with Crippen LogP contribution in [0.5, 0.6) is 11.5 Å². The Labute approximate surface area is 118 Å². The minimum absolute atomic E-state index is 0.206. The first-order valence-electron chi connectivity index (χ1n) is 7.17. The molecule has 20 heavy (non-hydrogen) atoms. The van der Waals surface area contributed by atoms with Gasteiger partial charge in [-0.25, -0.2) is 0 Å². The van der Waals surface area contributed by atoms with Crippen LogP contribution in [0.1, 0.15) is 24.8 Å². The van der Waals surface area contributed by atoms with E-state index in [2.05, 4.69) is 11.4 Å². The molecule has 0 radical (unpaired) electrons. The summed E-state index contributed by atoms with van der Waals surface area (Å²) >= 11 is 0. The summed E-state index contributed by atoms with van der Waals surface area (Å²) in [6.07, 6.45) is 7.06. The van der Waals surface area contributed by atoms with Crippen LogP contribution in [-0.4, -0.2) is 25.7 Å². The van der Waals surface area contributed by atoms with E-state index in [0.717, 1.165) is 36.3 Å². The minimum atomic E-state index is 0.206. The Morgan fingerprint density at radius 3 is 2.85 bits per heavy atom. The van der Waals surface area contributed by atoms with Gasteiger partial charge in [0.2, 0.25) is 5.91 Å². The van der Waals surface area contributed by atoms with E-state index >= 15 is 0 Å². The molecule has 106 valence electrons. The molecule has 0 saturated heterocycles. The number of hydrogen-bond acceptors (Lipinski definition) is 3. The lowest BCUT2D eigenvalue weighted by Gasteiger charge is -2.18. The zero-order chi connectivity index (χ0) is 13.8. The van der Waals surface area contributed by atoms with Gasteiger partial charge >= 0.3 is 0 Å². The van der Waals surface area contributed by atoms with Crippen molar-refractivity contribution in [3.8, 4) is 11.5 Å². The molecule has 4 heteroatoms. The Hall–Kier alpha value is -1.97. The molecule has 4 nitrogen and oxygen atoms in total. The molecule has 1 fully saturated rings. The molecule has 1 aromatic carbocycles. The lowest BCUT2D eigenvalue weighted by Crippen LogP contribution is -2.25. The molecule has 0 unspecified atom stereocenters. The fourth-order valence-corrected chi connectivity index (χ4v) is 2.15. The summed E-state index contributed by atoms with van der Waals surface area (Å²) < 4.78 is 11.0. The predicted molar refractivity (Wildman–Crippen MR) is 76.8 cm³/mol. The maximum Gasteiger partial charge on any atom is 0.223 e. The number of amides is 1. The number of rotatable bonds is 5. The molecule has 1 aromatic rings. The molecule has 3 rings (SSSR count). The first kappa shape index (κ1) is 13.0. The smallest absolute Gasteiger partial charge is 0.223 e. The normalized spacial score (nSPS) is 17.2. The van der Waals surface area contributed by atoms with Crippen molar-refractivity contribution in [3.63, 3.8) is 0 Å². The molecule has 1 aliphatic carbocycles. The quantitative estimate of drug-likeness (QED) is 0.838. The van der Waals surface area contributed by atoms with E-state index < -0.39 is 0 Å². The molecule has 1 amide bonds. The highest BCUT2D eigenvalue weighted by atomic mass is 16.6. The summed E-state index contributed by atoms with van der Waals surface area (Å²) in [5, 5.41) is 2.95. The predicted octanol–water partition coefficient (Wildman–Crippen LogP) is 2.39. The van der Waals surface area contributed by atoms with Gasteiger partial charge in [-0.05, 0) is 37.0 Å². The van der Waals surface area contributed by atoms with Gasteiger partial charge in [0.05, 0.1) is 0 Å². The lowest BCUT2D eigenvalue weighted by molar-refractivity contribution is -0.122. The molecule has 0 spiro atoms. The van der Waals surface area contributed by atoms with E-state index in [0.29, 0.717) is 19.8 Å². The van der Waals surface area contributed by atoms with Crippen molar-refractivity contribution in [2.75, 3.05) is 19.8 Å². The van der Waals surface area contributed by atoms with Crippen molar-refractivity contribution < 1.29 is 14.3 Å². The van der Waals surface area contributed by atoms with Gasteiger partial charge in [0, 0.05) is 12.5 Å². The van der Waals surface area contributed by atoms with Gasteiger partial charge in [-0.3, -0.25) is 4.79 Å². The highest BCUT2D eigenvalue weighted by Crippen LogP contribution is 2.31. The highest BCUT2D eigenvalue weighted by Gasteiger charge is 2.28. The van der Waals surface area contributed by atoms with E-state index in [9.17, 15) is 4.79 Å². The van der Waals surface area contributed by atoms with Crippen molar-refractivity contribution in [3.05, 3.63) is 29.8 Å². The van der Waals surface area contributed by atoms with Crippen LogP contribution in [0.4, 0.5) is 0 Å². The number of benzene rings is 1. The second kappa shape index (κ2) is 5.99. The van der Waals surface area contributed by atoms with E-state index in [1.165, 1.54) is 0 Å². The van der Waals surface area contributed by atoms with E-state index in [4.69, 9.17) is 9.47 Å². The van der Waals surface area contributed by atoms with Crippen LogP contribution < -0.4 is 14.8 Å². The summed E-state index contributed by atoms with van der Waals surface area (Å²) in [6, 6.07) is 5.92. The largest absolute Gasteiger partial charge is 0.486 e. The number of ether oxygens (including phenoxy) is 2. The Morgan fingerprint density at radius 2 is 2.05 bits per heavy atom. The average Bonchev–Trinajstić information content (AvgIpc) is 3.31. The zero-order valence-corrected chi connectivity index (χ0v) is 11.4. The van der Waals surface area contributed by atoms with Gasteiger partial charge < -0.3 is 14.8 Å². The number of fused-ring (bicyclic) bond motifs is 1. The Bertz CT molecular complexity index is 520. The Balaban J connectivity index is 1.47. The third-order valence-electron chi connectivity index (χ3n) is 3.43. The topological polar surface area (TPSA) is 47.6 Å². The first-order chi connectivity index (χ1) is 9.83. The van der Waals surface area contributed by atoms with Crippen LogP contribution in [0.15, 0.2) is 24.3 Å². The maximum absolute atomic E-state index is 11.4. The second-order valence-electron chi connectivity index (χ2n) is 5.16. The summed E-state index contributed by atoms with van der Waals surface area (Å²) in [6.45, 7) is 1.92. The van der Waals surface area contributed by atoms with Gasteiger partial charge in [0.1, 0.15) is 13.2 Å². The van der Waals surface area contributed by atoms with Crippen molar-refractivity contribution in [2.45, 2.75) is 19.3 Å². The summed E-state index contributed by atoms with van der Waals surface area (Å²) in [5.41, 5.74) is 1.09. The average molecular weight is 273 g/mol. The van der Waals surface area contributed by atoms with Crippen LogP contribution in [-0.2, 0) is 4.79 Å². The van der Waals surface area contributed by atoms with Gasteiger partial charge in [-0.2, -0.15) is 0 Å². The van der Waals surface area contributed by atoms with Gasteiger partial charge in [0.25, 0.3) is 0 Å². The highest BCUT2D eigenvalue weighted by molar-refractivity contribution is 5.80. The number of carbonyl (C=O) groups is 1. The molecule has 1 saturated carbocycles. The van der Waals surface area contributed by atoms with Crippen LogP contribution in [0.2, 0.25) is 0 Å². The molecular formula is C16H19NO3. The van der Waals surface area contributed by atoms with Crippen molar-refractivity contribution >= 4 is 12.0 Å². The third kappa shape index (κ3) is 3.32. The molecule has 1 heterocycles. The van der Waals surface area contributed by atoms with E-state index in [1.54, 1.807) is 0 Å². The Morgan fingerprint density at radius 1 is 1.25 bits per heavy atom. The van der Waals surface area contributed by atoms with Crippen LogP contribution in [0.3, 0.4) is 0 Å². The van der Waals surface area contributed by atoms with Gasteiger partial charge in [-0.1, -0.05) is 18.2 Å². The molecule has 2 aliphatic rings. The number of hydrogen-bond donors (Lipinski definition) is 1. The van der Waals surface area contributed by atoms with Gasteiger partial charge in [0.15, 0.2) is 11.5 Å². The zero-order valence-electron chi connectivity index (χ0n) is 11.4. The minimum Gasteiger partial charge on any atom is -0.486 e. The first-order valence-corrected chi connectivity index (χ1v) is 7.17. The maximum atomic E-state index is 11.4. The number of carbonyl (C=O) groups excluding carboxylic acids is 1. The summed E-state index contributed by atoms with van der Waals surface area (Å²) in [7, 11) is 0. The van der Waals surface area contributed by atoms with E-state index in [1.807, 2.05) is 24.3 Å². The van der Waals surface area contributed by atoms with Crippen molar-refractivity contribution in [2.24, 2.45) is 5.92 Å². The van der Waals surface area contributed by atoms with E-state index in [-0.39, 0.29) is 11.8 Å². The van der Waals surface area contributed by atoms with Crippen LogP contribution >= 0.6 is 0 Å². The molecule has 0 bridgehead atoms. The molecule has 1 N–H and O–H groups in total. The molecule has 0 aromatic heterocycles.